The lowest BCUT2D eigenvalue weighted by Gasteiger charge is -2.37. The van der Waals surface area contributed by atoms with Crippen molar-refractivity contribution in [2.75, 3.05) is 11.9 Å². The molecule has 2 unspecified atom stereocenters. The molecule has 1 fully saturated rings. The van der Waals surface area contributed by atoms with Crippen LogP contribution in [0.5, 0.6) is 0 Å². The second-order valence-electron chi connectivity index (χ2n) is 5.01. The third kappa shape index (κ3) is 2.64. The molecule has 1 saturated heterocycles. The lowest BCUT2D eigenvalue weighted by molar-refractivity contribution is -0.147. The van der Waals surface area contributed by atoms with E-state index in [2.05, 4.69) is 5.32 Å². The summed E-state index contributed by atoms with van der Waals surface area (Å²) in [4.78, 5) is 11.6. The zero-order valence-electron chi connectivity index (χ0n) is 10.8. The molecule has 1 aromatic carbocycles. The van der Waals surface area contributed by atoms with Gasteiger partial charge in [0.05, 0.1) is 6.10 Å². The fourth-order valence-electron chi connectivity index (χ4n) is 2.36. The van der Waals surface area contributed by atoms with E-state index in [1.807, 2.05) is 38.1 Å². The van der Waals surface area contributed by atoms with Crippen LogP contribution in [0, 0.1) is 6.92 Å². The topological polar surface area (TPSA) is 58.6 Å². The van der Waals surface area contributed by atoms with Crippen LogP contribution in [0.4, 0.5) is 5.69 Å². The first-order valence-electron chi connectivity index (χ1n) is 6.22. The van der Waals surface area contributed by atoms with Crippen LogP contribution in [0.1, 0.15) is 25.3 Å². The van der Waals surface area contributed by atoms with Gasteiger partial charge in [-0.3, -0.25) is 0 Å². The quantitative estimate of drug-likeness (QED) is 0.863. The van der Waals surface area contributed by atoms with Gasteiger partial charge in [-0.2, -0.15) is 0 Å². The number of carboxylic acid groups (broad SMARTS) is 1. The highest BCUT2D eigenvalue weighted by Crippen LogP contribution is 2.29. The second-order valence-corrected chi connectivity index (χ2v) is 5.01. The maximum atomic E-state index is 11.6. The number of anilines is 1. The maximum absolute atomic E-state index is 11.6. The Balaban J connectivity index is 2.20. The standard InChI is InChI=1S/C14H19NO3/c1-10-3-5-12(6-4-10)15-14(13(16)17)7-8-18-11(2)9-14/h3-6,11,15H,7-9H2,1-2H3,(H,16,17). The van der Waals surface area contributed by atoms with Crippen molar-refractivity contribution in [2.45, 2.75) is 38.3 Å². The van der Waals surface area contributed by atoms with Gasteiger partial charge in [-0.15, -0.1) is 0 Å². The third-order valence-electron chi connectivity index (χ3n) is 3.41. The molecule has 1 aliphatic heterocycles. The van der Waals surface area contributed by atoms with Crippen molar-refractivity contribution in [1.82, 2.24) is 0 Å². The summed E-state index contributed by atoms with van der Waals surface area (Å²) in [6.45, 7) is 4.40. The minimum atomic E-state index is -0.910. The molecule has 0 bridgehead atoms. The number of aryl methyl sites for hydroxylation is 1. The number of hydrogen-bond donors (Lipinski definition) is 2. The molecular weight excluding hydrogens is 230 g/mol. The first kappa shape index (κ1) is 12.9. The molecule has 4 nitrogen and oxygen atoms in total. The molecule has 1 heterocycles. The van der Waals surface area contributed by atoms with Crippen molar-refractivity contribution in [3.8, 4) is 0 Å². The van der Waals surface area contributed by atoms with Crippen LogP contribution in [-0.2, 0) is 9.53 Å². The molecule has 0 amide bonds. The lowest BCUT2D eigenvalue weighted by atomic mass is 9.86. The predicted octanol–water partition coefficient (Wildman–Crippen LogP) is 2.43. The Morgan fingerprint density at radius 1 is 1.44 bits per heavy atom. The molecule has 0 aromatic heterocycles. The van der Waals surface area contributed by atoms with Crippen LogP contribution < -0.4 is 5.32 Å². The van der Waals surface area contributed by atoms with Crippen molar-refractivity contribution in [2.24, 2.45) is 0 Å². The third-order valence-corrected chi connectivity index (χ3v) is 3.41. The Labute approximate surface area is 107 Å². The zero-order valence-corrected chi connectivity index (χ0v) is 10.8. The van der Waals surface area contributed by atoms with Gasteiger partial charge in [-0.1, -0.05) is 17.7 Å². The summed E-state index contributed by atoms with van der Waals surface area (Å²) in [5, 5.41) is 12.7. The first-order chi connectivity index (χ1) is 8.52. The Morgan fingerprint density at radius 3 is 2.67 bits per heavy atom. The smallest absolute Gasteiger partial charge is 0.329 e. The van der Waals surface area contributed by atoms with Gasteiger partial charge in [-0.05, 0) is 26.0 Å². The van der Waals surface area contributed by atoms with Crippen molar-refractivity contribution in [3.05, 3.63) is 29.8 Å². The molecule has 98 valence electrons. The SMILES string of the molecule is Cc1ccc(NC2(C(=O)O)CCOC(C)C2)cc1. The van der Waals surface area contributed by atoms with E-state index in [0.717, 1.165) is 11.3 Å². The first-order valence-corrected chi connectivity index (χ1v) is 6.22. The minimum absolute atomic E-state index is 0.0344. The molecule has 18 heavy (non-hydrogen) atoms. The summed E-state index contributed by atoms with van der Waals surface area (Å²) in [7, 11) is 0. The highest BCUT2D eigenvalue weighted by atomic mass is 16.5. The number of rotatable bonds is 3. The highest BCUT2D eigenvalue weighted by Gasteiger charge is 2.42. The summed E-state index contributed by atoms with van der Waals surface area (Å²) in [6.07, 6.45) is 0.935. The van der Waals surface area contributed by atoms with E-state index in [0.29, 0.717) is 19.4 Å². The Bertz CT molecular complexity index is 429. The average Bonchev–Trinajstić information content (AvgIpc) is 2.32. The molecule has 1 aromatic rings. The number of aliphatic carboxylic acids is 1. The van der Waals surface area contributed by atoms with Gasteiger partial charge in [-0.25, -0.2) is 4.79 Å². The summed E-state index contributed by atoms with van der Waals surface area (Å²) in [6, 6.07) is 7.78. The van der Waals surface area contributed by atoms with Gasteiger partial charge in [0.15, 0.2) is 0 Å². The lowest BCUT2D eigenvalue weighted by Crippen LogP contribution is -2.52. The number of benzene rings is 1. The molecule has 2 N–H and O–H groups in total. The van der Waals surface area contributed by atoms with Crippen LogP contribution in [0.2, 0.25) is 0 Å². The van der Waals surface area contributed by atoms with Crippen LogP contribution in [0.3, 0.4) is 0 Å². The van der Waals surface area contributed by atoms with Gasteiger partial charge in [0.1, 0.15) is 5.54 Å². The van der Waals surface area contributed by atoms with Crippen molar-refractivity contribution in [3.63, 3.8) is 0 Å². The maximum Gasteiger partial charge on any atom is 0.329 e. The van der Waals surface area contributed by atoms with E-state index in [1.54, 1.807) is 0 Å². The van der Waals surface area contributed by atoms with Crippen LogP contribution in [0.15, 0.2) is 24.3 Å². The summed E-state index contributed by atoms with van der Waals surface area (Å²) in [5.41, 5.74) is 1.09. The van der Waals surface area contributed by atoms with Gasteiger partial charge in [0.2, 0.25) is 0 Å². The Hall–Kier alpha value is -1.55. The molecule has 0 saturated carbocycles. The molecular formula is C14H19NO3. The Morgan fingerprint density at radius 2 is 2.11 bits per heavy atom. The summed E-state index contributed by atoms with van der Waals surface area (Å²) >= 11 is 0. The molecule has 0 radical (unpaired) electrons. The number of hydrogen-bond acceptors (Lipinski definition) is 3. The van der Waals surface area contributed by atoms with Crippen LogP contribution >= 0.6 is 0 Å². The molecule has 2 atom stereocenters. The minimum Gasteiger partial charge on any atom is -0.480 e. The normalized spacial score (nSPS) is 27.8. The van der Waals surface area contributed by atoms with Crippen molar-refractivity contribution >= 4 is 11.7 Å². The number of ether oxygens (including phenoxy) is 1. The van der Waals surface area contributed by atoms with Crippen molar-refractivity contribution < 1.29 is 14.6 Å². The fourth-order valence-corrected chi connectivity index (χ4v) is 2.36. The number of carboxylic acids is 1. The second kappa shape index (κ2) is 4.98. The largest absolute Gasteiger partial charge is 0.480 e. The van der Waals surface area contributed by atoms with Crippen LogP contribution in [0.25, 0.3) is 0 Å². The highest BCUT2D eigenvalue weighted by molar-refractivity contribution is 5.83. The van der Waals surface area contributed by atoms with Gasteiger partial charge in [0.25, 0.3) is 0 Å². The number of nitrogens with one attached hydrogen (secondary N) is 1. The molecule has 0 spiro atoms. The molecule has 2 rings (SSSR count). The zero-order chi connectivity index (χ0) is 13.2. The van der Waals surface area contributed by atoms with Crippen LogP contribution in [-0.4, -0.2) is 29.3 Å². The van der Waals surface area contributed by atoms with E-state index in [4.69, 9.17) is 4.74 Å². The van der Waals surface area contributed by atoms with Gasteiger partial charge >= 0.3 is 5.97 Å². The van der Waals surface area contributed by atoms with E-state index in [1.165, 1.54) is 0 Å². The molecule has 1 aliphatic rings. The average molecular weight is 249 g/mol. The summed E-state index contributed by atoms with van der Waals surface area (Å²) in [5.74, 6) is -0.807. The van der Waals surface area contributed by atoms with Gasteiger partial charge < -0.3 is 15.2 Å². The van der Waals surface area contributed by atoms with Gasteiger partial charge in [0, 0.05) is 25.1 Å². The predicted molar refractivity (Wildman–Crippen MR) is 69.8 cm³/mol. The van der Waals surface area contributed by atoms with E-state index in [9.17, 15) is 9.90 Å². The molecule has 0 aliphatic carbocycles. The number of carbonyl (C=O) groups is 1. The van der Waals surface area contributed by atoms with E-state index in [-0.39, 0.29) is 6.10 Å². The molecule has 4 heteroatoms. The van der Waals surface area contributed by atoms with E-state index >= 15 is 0 Å². The Kier molecular flexibility index (Phi) is 3.57. The summed E-state index contributed by atoms with van der Waals surface area (Å²) < 4.78 is 5.44. The monoisotopic (exact) mass is 249 g/mol. The van der Waals surface area contributed by atoms with Crippen molar-refractivity contribution in [1.29, 1.82) is 0 Å². The van der Waals surface area contributed by atoms with E-state index < -0.39 is 11.5 Å². The fraction of sp³-hybridized carbons (Fsp3) is 0.500.